The third-order valence-electron chi connectivity index (χ3n) is 2.85. The fourth-order valence-electron chi connectivity index (χ4n) is 1.82. The van der Waals surface area contributed by atoms with Gasteiger partial charge in [0.2, 0.25) is 0 Å². The molecule has 0 amide bonds. The summed E-state index contributed by atoms with van der Waals surface area (Å²) in [5, 5.41) is 0. The van der Waals surface area contributed by atoms with Gasteiger partial charge in [0.1, 0.15) is 5.82 Å². The second-order valence-electron chi connectivity index (χ2n) is 4.54. The summed E-state index contributed by atoms with van der Waals surface area (Å²) in [6.45, 7) is 1.25. The Morgan fingerprint density at radius 3 is 2.75 bits per heavy atom. The summed E-state index contributed by atoms with van der Waals surface area (Å²) in [7, 11) is 1.91. The number of halogens is 1. The van der Waals surface area contributed by atoms with Gasteiger partial charge in [0.15, 0.2) is 5.78 Å². The Morgan fingerprint density at radius 1 is 1.44 bits per heavy atom. The zero-order valence-electron chi connectivity index (χ0n) is 9.45. The molecule has 2 rings (SSSR count). The van der Waals surface area contributed by atoms with E-state index in [1.165, 1.54) is 18.9 Å². The first-order chi connectivity index (χ1) is 7.66. The molecule has 0 unspecified atom stereocenters. The lowest BCUT2D eigenvalue weighted by atomic mass is 10.1. The minimum absolute atomic E-state index is 0.138. The minimum Gasteiger partial charge on any atom is -0.299 e. The zero-order valence-corrected chi connectivity index (χ0v) is 9.45. The number of rotatable bonds is 5. The molecule has 1 fully saturated rings. The lowest BCUT2D eigenvalue weighted by Gasteiger charge is -2.15. The maximum atomic E-state index is 13.3. The van der Waals surface area contributed by atoms with Crippen LogP contribution in [0.25, 0.3) is 0 Å². The van der Waals surface area contributed by atoms with Crippen LogP contribution < -0.4 is 0 Å². The van der Waals surface area contributed by atoms with Crippen molar-refractivity contribution in [2.24, 2.45) is 5.92 Å². The van der Waals surface area contributed by atoms with E-state index in [1.54, 1.807) is 18.2 Å². The van der Waals surface area contributed by atoms with Crippen molar-refractivity contribution in [3.63, 3.8) is 0 Å². The number of likely N-dealkylation sites (N-methyl/N-ethyl adjacent to an activating group) is 1. The van der Waals surface area contributed by atoms with Gasteiger partial charge in [-0.05, 0) is 37.9 Å². The third kappa shape index (κ3) is 2.89. The highest BCUT2D eigenvalue weighted by atomic mass is 19.1. The first kappa shape index (κ1) is 11.3. The van der Waals surface area contributed by atoms with Crippen molar-refractivity contribution in [2.75, 3.05) is 20.1 Å². The van der Waals surface area contributed by atoms with Crippen molar-refractivity contribution in [3.8, 4) is 0 Å². The van der Waals surface area contributed by atoms with E-state index in [4.69, 9.17) is 0 Å². The number of benzene rings is 1. The summed E-state index contributed by atoms with van der Waals surface area (Å²) in [5.74, 6) is 0.187. The quantitative estimate of drug-likeness (QED) is 0.711. The van der Waals surface area contributed by atoms with Crippen LogP contribution >= 0.6 is 0 Å². The minimum atomic E-state index is -0.424. The number of hydrogen-bond acceptors (Lipinski definition) is 2. The van der Waals surface area contributed by atoms with Crippen LogP contribution in [0.1, 0.15) is 23.2 Å². The predicted octanol–water partition coefficient (Wildman–Crippen LogP) is 2.35. The first-order valence-corrected chi connectivity index (χ1v) is 5.63. The lowest BCUT2D eigenvalue weighted by molar-refractivity contribution is 0.0940. The molecule has 1 aliphatic carbocycles. The Bertz CT molecular complexity index is 387. The number of nitrogens with zero attached hydrogens (tertiary/aromatic N) is 1. The van der Waals surface area contributed by atoms with Crippen LogP contribution in [0, 0.1) is 11.7 Å². The van der Waals surface area contributed by atoms with Crippen molar-refractivity contribution >= 4 is 5.78 Å². The van der Waals surface area contributed by atoms with E-state index in [2.05, 4.69) is 0 Å². The average molecular weight is 221 g/mol. The van der Waals surface area contributed by atoms with E-state index in [1.807, 2.05) is 11.9 Å². The molecule has 1 aromatic carbocycles. The summed E-state index contributed by atoms with van der Waals surface area (Å²) in [6.07, 6.45) is 2.52. The van der Waals surface area contributed by atoms with Gasteiger partial charge in [0, 0.05) is 6.54 Å². The van der Waals surface area contributed by atoms with E-state index in [0.717, 1.165) is 12.5 Å². The predicted molar refractivity (Wildman–Crippen MR) is 61.0 cm³/mol. The molecule has 0 spiro atoms. The summed E-state index contributed by atoms with van der Waals surface area (Å²) < 4.78 is 13.3. The molecule has 86 valence electrons. The molecule has 0 aliphatic heterocycles. The van der Waals surface area contributed by atoms with Gasteiger partial charge in [-0.3, -0.25) is 9.69 Å². The Morgan fingerprint density at radius 2 is 2.12 bits per heavy atom. The third-order valence-corrected chi connectivity index (χ3v) is 2.85. The number of ketones is 1. The molecule has 16 heavy (non-hydrogen) atoms. The Hall–Kier alpha value is -1.22. The Balaban J connectivity index is 1.94. The molecule has 0 radical (unpaired) electrons. The van der Waals surface area contributed by atoms with E-state index in [0.29, 0.717) is 6.54 Å². The zero-order chi connectivity index (χ0) is 11.5. The van der Waals surface area contributed by atoms with Crippen molar-refractivity contribution < 1.29 is 9.18 Å². The molecule has 2 nitrogen and oxygen atoms in total. The molecule has 3 heteroatoms. The largest absolute Gasteiger partial charge is 0.299 e. The second-order valence-corrected chi connectivity index (χ2v) is 4.54. The molecular formula is C13H16FNO. The highest BCUT2D eigenvalue weighted by Gasteiger charge is 2.24. The number of carbonyl (C=O) groups is 1. The summed E-state index contributed by atoms with van der Waals surface area (Å²) >= 11 is 0. The molecule has 1 aliphatic rings. The van der Waals surface area contributed by atoms with Crippen molar-refractivity contribution in [1.82, 2.24) is 4.90 Å². The monoisotopic (exact) mass is 221 g/mol. The van der Waals surface area contributed by atoms with Crippen molar-refractivity contribution in [2.45, 2.75) is 12.8 Å². The van der Waals surface area contributed by atoms with Gasteiger partial charge in [-0.25, -0.2) is 4.39 Å². The van der Waals surface area contributed by atoms with Gasteiger partial charge in [-0.1, -0.05) is 12.1 Å². The van der Waals surface area contributed by atoms with Crippen LogP contribution in [0.2, 0.25) is 0 Å². The molecule has 0 N–H and O–H groups in total. The van der Waals surface area contributed by atoms with Gasteiger partial charge in [0.05, 0.1) is 12.1 Å². The first-order valence-electron chi connectivity index (χ1n) is 5.63. The molecular weight excluding hydrogens is 205 g/mol. The fraction of sp³-hybridized carbons (Fsp3) is 0.462. The van der Waals surface area contributed by atoms with Gasteiger partial charge in [-0.15, -0.1) is 0 Å². The van der Waals surface area contributed by atoms with Crippen LogP contribution in [0.5, 0.6) is 0 Å². The van der Waals surface area contributed by atoms with E-state index in [-0.39, 0.29) is 11.3 Å². The van der Waals surface area contributed by atoms with E-state index in [9.17, 15) is 9.18 Å². The van der Waals surface area contributed by atoms with E-state index >= 15 is 0 Å². The SMILES string of the molecule is CN(CC(=O)c1ccccc1F)CC1CC1. The topological polar surface area (TPSA) is 20.3 Å². The Labute approximate surface area is 95.1 Å². The second kappa shape index (κ2) is 4.74. The molecule has 0 saturated heterocycles. The summed E-state index contributed by atoms with van der Waals surface area (Å²) in [4.78, 5) is 13.8. The summed E-state index contributed by atoms with van der Waals surface area (Å²) in [5.41, 5.74) is 0.199. The van der Waals surface area contributed by atoms with Gasteiger partial charge < -0.3 is 0 Å². The number of hydrogen-bond donors (Lipinski definition) is 0. The molecule has 1 saturated carbocycles. The standard InChI is InChI=1S/C13H16FNO/c1-15(8-10-6-7-10)9-13(16)11-4-2-3-5-12(11)14/h2-5,10H,6-9H2,1H3. The van der Waals surface area contributed by atoms with Gasteiger partial charge in [0.25, 0.3) is 0 Å². The van der Waals surface area contributed by atoms with E-state index < -0.39 is 5.82 Å². The molecule has 1 aromatic rings. The number of carbonyl (C=O) groups excluding carboxylic acids is 1. The number of Topliss-reactive ketones (excluding diaryl/α,β-unsaturated/α-hetero) is 1. The fourth-order valence-corrected chi connectivity index (χ4v) is 1.82. The van der Waals surface area contributed by atoms with Crippen molar-refractivity contribution in [3.05, 3.63) is 35.6 Å². The van der Waals surface area contributed by atoms with Crippen molar-refractivity contribution in [1.29, 1.82) is 0 Å². The molecule has 0 atom stereocenters. The normalized spacial score (nSPS) is 15.4. The maximum absolute atomic E-state index is 13.3. The molecule has 0 heterocycles. The highest BCUT2D eigenvalue weighted by Crippen LogP contribution is 2.29. The van der Waals surface area contributed by atoms with Crippen LogP contribution in [0.3, 0.4) is 0 Å². The summed E-state index contributed by atoms with van der Waals surface area (Å²) in [6, 6.07) is 6.16. The lowest BCUT2D eigenvalue weighted by Crippen LogP contribution is -2.28. The average Bonchev–Trinajstić information content (AvgIpc) is 3.01. The smallest absolute Gasteiger partial charge is 0.179 e. The van der Waals surface area contributed by atoms with Crippen LogP contribution in [-0.2, 0) is 0 Å². The Kier molecular flexibility index (Phi) is 3.34. The molecule has 0 aromatic heterocycles. The van der Waals surface area contributed by atoms with Crippen LogP contribution in [-0.4, -0.2) is 30.8 Å². The van der Waals surface area contributed by atoms with Crippen LogP contribution in [0.15, 0.2) is 24.3 Å². The van der Waals surface area contributed by atoms with Gasteiger partial charge in [-0.2, -0.15) is 0 Å². The van der Waals surface area contributed by atoms with Gasteiger partial charge >= 0.3 is 0 Å². The highest BCUT2D eigenvalue weighted by molar-refractivity contribution is 5.97. The van der Waals surface area contributed by atoms with Crippen LogP contribution in [0.4, 0.5) is 4.39 Å². The maximum Gasteiger partial charge on any atom is 0.179 e. The molecule has 0 bridgehead atoms.